The molecule has 0 aromatic heterocycles. The van der Waals surface area contributed by atoms with Crippen molar-refractivity contribution in [3.05, 3.63) is 33.4 Å². The third-order valence-corrected chi connectivity index (χ3v) is 21.7. The van der Waals surface area contributed by atoms with E-state index in [2.05, 4.69) is 38.3 Å². The average molecular weight is 758 g/mol. The summed E-state index contributed by atoms with van der Waals surface area (Å²) in [5, 5.41) is 0. The first-order valence-electron chi connectivity index (χ1n) is 26.7. The Morgan fingerprint density at radius 3 is 1.68 bits per heavy atom. The number of hydrogen-bond donors (Lipinski definition) is 0. The highest BCUT2D eigenvalue weighted by atomic mass is 15.2. The lowest BCUT2D eigenvalue weighted by atomic mass is 9.47. The Kier molecular flexibility index (Phi) is 10.1. The molecule has 0 amide bonds. The van der Waals surface area contributed by atoms with Gasteiger partial charge in [0.1, 0.15) is 0 Å². The van der Waals surface area contributed by atoms with Gasteiger partial charge in [0.05, 0.1) is 0 Å². The van der Waals surface area contributed by atoms with Crippen molar-refractivity contribution in [3.63, 3.8) is 0 Å². The standard InChI is InChI=1S/C55H83N/c1-3-15-38(16-4-1)56(39-17-5-2-6-18-39)40-30-27-36(28-31-40)37-29-32-53-49(33-37)45-23-11-13-25-51(45)55(53)52-26-14-12-24-46(52)50-34-47-43-21-9-7-19-41(43)42-20-8-10-22-44(42)48(47)35-54(50)55/h36-40,42,44-45,47-48,50-51,54H,1-35H2. The second-order valence-corrected chi connectivity index (χ2v) is 23.5. The smallest absolute Gasteiger partial charge is 0.0194 e. The quantitative estimate of drug-likeness (QED) is 0.258. The van der Waals surface area contributed by atoms with Gasteiger partial charge < -0.3 is 0 Å². The van der Waals surface area contributed by atoms with Crippen LogP contribution in [0.1, 0.15) is 225 Å². The summed E-state index contributed by atoms with van der Waals surface area (Å²) in [4.78, 5) is 3.25. The third-order valence-electron chi connectivity index (χ3n) is 21.7. The molecular weight excluding hydrogens is 675 g/mol. The van der Waals surface area contributed by atoms with Crippen LogP contribution in [0.3, 0.4) is 0 Å². The van der Waals surface area contributed by atoms with E-state index in [1.807, 2.05) is 0 Å². The van der Waals surface area contributed by atoms with Crippen molar-refractivity contribution in [3.8, 4) is 0 Å². The van der Waals surface area contributed by atoms with Crippen molar-refractivity contribution in [2.24, 2.45) is 64.6 Å². The maximum absolute atomic E-state index is 3.25. The lowest BCUT2D eigenvalue weighted by Crippen LogP contribution is -2.52. The van der Waals surface area contributed by atoms with Gasteiger partial charge in [-0.1, -0.05) is 97.6 Å². The zero-order valence-electron chi connectivity index (χ0n) is 36.2. The molecule has 0 aliphatic heterocycles. The number of fused-ring (bicyclic) bond motifs is 13. The maximum atomic E-state index is 3.25. The fraction of sp³-hybridized carbons (Fsp3) is 0.891. The highest BCUT2D eigenvalue weighted by Gasteiger charge is 2.67. The van der Waals surface area contributed by atoms with E-state index in [0.29, 0.717) is 5.41 Å². The number of hydrogen-bond acceptors (Lipinski definition) is 1. The molecule has 0 radical (unpaired) electrons. The molecule has 12 aliphatic carbocycles. The van der Waals surface area contributed by atoms with Crippen LogP contribution in [0.25, 0.3) is 0 Å². The van der Waals surface area contributed by atoms with Gasteiger partial charge in [-0.05, 0) is 220 Å². The summed E-state index contributed by atoms with van der Waals surface area (Å²) in [5.41, 5.74) is 13.3. The van der Waals surface area contributed by atoms with Gasteiger partial charge in [0.15, 0.2) is 0 Å². The van der Waals surface area contributed by atoms with Gasteiger partial charge in [-0.15, -0.1) is 0 Å². The average Bonchev–Trinajstić information content (AvgIpc) is 3.73. The normalized spacial score (nSPS) is 45.9. The molecule has 0 heterocycles. The van der Waals surface area contributed by atoms with Crippen molar-refractivity contribution in [2.45, 2.75) is 243 Å². The van der Waals surface area contributed by atoms with Gasteiger partial charge in [0.2, 0.25) is 0 Å². The van der Waals surface area contributed by atoms with Crippen LogP contribution in [0, 0.1) is 64.6 Å². The van der Waals surface area contributed by atoms with Crippen molar-refractivity contribution in [1.82, 2.24) is 4.90 Å². The lowest BCUT2D eigenvalue weighted by Gasteiger charge is -2.57. The van der Waals surface area contributed by atoms with Gasteiger partial charge in [0, 0.05) is 23.5 Å². The molecule has 0 aromatic carbocycles. The van der Waals surface area contributed by atoms with Crippen molar-refractivity contribution in [2.75, 3.05) is 0 Å². The molecular formula is C55H83N. The molecule has 10 unspecified atom stereocenters. The third kappa shape index (κ3) is 5.79. The fourth-order valence-corrected chi connectivity index (χ4v) is 19.9. The fourth-order valence-electron chi connectivity index (χ4n) is 19.9. The van der Waals surface area contributed by atoms with Crippen molar-refractivity contribution >= 4 is 0 Å². The number of nitrogens with zero attached hydrogens (tertiary/aromatic N) is 1. The van der Waals surface area contributed by atoms with Gasteiger partial charge in [-0.3, -0.25) is 4.90 Å². The Labute approximate surface area is 344 Å². The van der Waals surface area contributed by atoms with Crippen molar-refractivity contribution in [1.29, 1.82) is 0 Å². The first kappa shape index (κ1) is 37.0. The molecule has 0 bridgehead atoms. The van der Waals surface area contributed by atoms with E-state index in [0.717, 1.165) is 77.3 Å². The van der Waals surface area contributed by atoms with Crippen molar-refractivity contribution < 1.29 is 0 Å². The Hall–Kier alpha value is -0.820. The van der Waals surface area contributed by atoms with Crippen LogP contribution in [0.15, 0.2) is 33.4 Å². The van der Waals surface area contributed by atoms with E-state index in [1.165, 1.54) is 135 Å². The lowest BCUT2D eigenvalue weighted by molar-refractivity contribution is -0.00394. The second kappa shape index (κ2) is 15.3. The molecule has 6 saturated carbocycles. The minimum atomic E-state index is 0.528. The summed E-state index contributed by atoms with van der Waals surface area (Å²) in [6.45, 7) is 0. The molecule has 1 heteroatoms. The van der Waals surface area contributed by atoms with Crippen LogP contribution in [0.2, 0.25) is 0 Å². The van der Waals surface area contributed by atoms with Crippen LogP contribution < -0.4 is 0 Å². The predicted octanol–water partition coefficient (Wildman–Crippen LogP) is 15.2. The van der Waals surface area contributed by atoms with Gasteiger partial charge in [-0.2, -0.15) is 0 Å². The largest absolute Gasteiger partial charge is 0.294 e. The van der Waals surface area contributed by atoms with E-state index in [9.17, 15) is 0 Å². The highest BCUT2D eigenvalue weighted by Crippen LogP contribution is 2.76. The molecule has 0 aromatic rings. The Morgan fingerprint density at radius 2 is 0.929 bits per heavy atom. The molecule has 1 nitrogen and oxygen atoms in total. The topological polar surface area (TPSA) is 3.24 Å². The molecule has 1 spiro atoms. The number of allylic oxidation sites excluding steroid dienone is 6. The highest BCUT2D eigenvalue weighted by molar-refractivity contribution is 5.52. The summed E-state index contributed by atoms with van der Waals surface area (Å²) in [7, 11) is 0. The monoisotopic (exact) mass is 758 g/mol. The summed E-state index contributed by atoms with van der Waals surface area (Å²) in [6.07, 6.45) is 53.7. The molecule has 10 atom stereocenters. The Balaban J connectivity index is 0.842. The van der Waals surface area contributed by atoms with E-state index < -0.39 is 0 Å². The van der Waals surface area contributed by atoms with E-state index in [4.69, 9.17) is 0 Å². The Bertz CT molecular complexity index is 1540. The summed E-state index contributed by atoms with van der Waals surface area (Å²) < 4.78 is 0. The van der Waals surface area contributed by atoms with E-state index in [1.54, 1.807) is 89.9 Å². The molecule has 12 aliphatic rings. The predicted molar refractivity (Wildman–Crippen MR) is 233 cm³/mol. The number of rotatable bonds is 4. The van der Waals surface area contributed by atoms with Crippen LogP contribution in [-0.2, 0) is 0 Å². The summed E-state index contributed by atoms with van der Waals surface area (Å²) >= 11 is 0. The van der Waals surface area contributed by atoms with E-state index in [-0.39, 0.29) is 0 Å². The second-order valence-electron chi connectivity index (χ2n) is 23.5. The van der Waals surface area contributed by atoms with E-state index >= 15 is 0 Å². The maximum Gasteiger partial charge on any atom is 0.0194 e. The van der Waals surface area contributed by atoms with Crippen LogP contribution in [0.4, 0.5) is 0 Å². The minimum absolute atomic E-state index is 0.528. The molecule has 56 heavy (non-hydrogen) atoms. The van der Waals surface area contributed by atoms with Gasteiger partial charge in [0.25, 0.3) is 0 Å². The van der Waals surface area contributed by atoms with Gasteiger partial charge in [-0.25, -0.2) is 0 Å². The zero-order chi connectivity index (χ0) is 36.8. The summed E-state index contributed by atoms with van der Waals surface area (Å²) in [5.74, 6) is 10.0. The first-order chi connectivity index (χ1) is 27.8. The molecule has 0 N–H and O–H groups in total. The minimum Gasteiger partial charge on any atom is -0.294 e. The van der Waals surface area contributed by atoms with Crippen LogP contribution in [-0.4, -0.2) is 23.0 Å². The SMILES string of the molecule is C1CCC(N(C2CCCCC2)C2CCC(C3CCC4=C(C3)C3CCCCC3C43C4=C(CCCC4)C4CC5C6=C(CCCC6)C6CCCCC6C5CC43)CC2)CC1. The first-order valence-corrected chi connectivity index (χ1v) is 26.7. The molecule has 6 fully saturated rings. The summed E-state index contributed by atoms with van der Waals surface area (Å²) in [6, 6.07) is 2.77. The molecule has 12 rings (SSSR count). The van der Waals surface area contributed by atoms with Crippen LogP contribution in [0.5, 0.6) is 0 Å². The zero-order valence-corrected chi connectivity index (χ0v) is 36.2. The van der Waals surface area contributed by atoms with Crippen LogP contribution >= 0.6 is 0 Å². The molecule has 0 saturated heterocycles. The Morgan fingerprint density at radius 1 is 0.339 bits per heavy atom. The van der Waals surface area contributed by atoms with Gasteiger partial charge >= 0.3 is 0 Å². The molecule has 308 valence electrons.